The Morgan fingerprint density at radius 1 is 1.05 bits per heavy atom. The van der Waals surface area contributed by atoms with E-state index < -0.39 is 17.6 Å². The van der Waals surface area contributed by atoms with Gasteiger partial charge in [0.1, 0.15) is 17.1 Å². The van der Waals surface area contributed by atoms with Crippen LogP contribution in [0.1, 0.15) is 42.6 Å². The summed E-state index contributed by atoms with van der Waals surface area (Å²) in [5.41, 5.74) is 1.21. The molecule has 0 aliphatic rings. The van der Waals surface area contributed by atoms with Crippen molar-refractivity contribution >= 4 is 40.7 Å². The van der Waals surface area contributed by atoms with E-state index in [1.807, 2.05) is 19.0 Å². The highest BCUT2D eigenvalue weighted by atomic mass is 32.1. The van der Waals surface area contributed by atoms with Crippen LogP contribution in [-0.4, -0.2) is 65.6 Å². The number of nitrogens with zero attached hydrogens (tertiary/aromatic N) is 3. The van der Waals surface area contributed by atoms with Gasteiger partial charge in [-0.05, 0) is 58.6 Å². The van der Waals surface area contributed by atoms with E-state index in [-0.39, 0.29) is 18.3 Å². The number of ether oxygens (including phenoxy) is 1. The smallest absolute Gasteiger partial charge is 0.412 e. The minimum absolute atomic E-state index is 0.199. The molecule has 0 atom stereocenters. The number of hydrogen-bond donors (Lipinski definition) is 3. The van der Waals surface area contributed by atoms with Crippen LogP contribution in [0.25, 0.3) is 0 Å². The summed E-state index contributed by atoms with van der Waals surface area (Å²) in [5, 5.41) is 11.7. The minimum atomic E-state index is -0.642. The average Bonchev–Trinajstić information content (AvgIpc) is 3.51. The molecule has 0 saturated carbocycles. The van der Waals surface area contributed by atoms with Crippen LogP contribution >= 0.6 is 11.3 Å². The van der Waals surface area contributed by atoms with E-state index >= 15 is 0 Å². The van der Waals surface area contributed by atoms with Gasteiger partial charge in [0.15, 0.2) is 0 Å². The van der Waals surface area contributed by atoms with Gasteiger partial charge in [0.2, 0.25) is 0 Å². The number of aromatic nitrogens is 1. The molecule has 38 heavy (non-hydrogen) atoms. The van der Waals surface area contributed by atoms with Gasteiger partial charge < -0.3 is 29.6 Å². The molecular weight excluding hydrogens is 508 g/mol. The number of rotatable bonds is 10. The summed E-state index contributed by atoms with van der Waals surface area (Å²) in [6.07, 6.45) is 2.52. The highest BCUT2D eigenvalue weighted by Gasteiger charge is 2.19. The molecule has 0 saturated heterocycles. The topological polar surface area (TPSA) is 129 Å². The zero-order chi connectivity index (χ0) is 27.7. The molecule has 0 radical (unpaired) electrons. The van der Waals surface area contributed by atoms with E-state index in [4.69, 9.17) is 9.15 Å². The minimum Gasteiger partial charge on any atom is -0.467 e. The molecule has 0 aromatic carbocycles. The molecule has 0 aliphatic heterocycles. The quantitative estimate of drug-likeness (QED) is 0.341. The van der Waals surface area contributed by atoms with Crippen molar-refractivity contribution in [2.45, 2.75) is 39.5 Å². The van der Waals surface area contributed by atoms with Gasteiger partial charge in [-0.25, -0.2) is 9.59 Å². The normalized spacial score (nSPS) is 11.2. The zero-order valence-electron chi connectivity index (χ0n) is 22.2. The lowest BCUT2D eigenvalue weighted by Crippen LogP contribution is -2.42. The van der Waals surface area contributed by atoms with Crippen molar-refractivity contribution in [3.05, 3.63) is 64.5 Å². The largest absolute Gasteiger partial charge is 0.467 e. The van der Waals surface area contributed by atoms with Gasteiger partial charge in [-0.3, -0.25) is 15.1 Å². The first-order chi connectivity index (χ1) is 18.0. The van der Waals surface area contributed by atoms with E-state index in [9.17, 15) is 14.4 Å². The van der Waals surface area contributed by atoms with Gasteiger partial charge in [0.05, 0.1) is 24.2 Å². The lowest BCUT2D eigenvalue weighted by Gasteiger charge is -2.24. The number of carbonyl (C=O) groups is 3. The summed E-state index contributed by atoms with van der Waals surface area (Å²) in [6.45, 7) is 7.11. The van der Waals surface area contributed by atoms with Gasteiger partial charge in [-0.2, -0.15) is 0 Å². The summed E-state index contributed by atoms with van der Waals surface area (Å²) < 4.78 is 10.6. The van der Waals surface area contributed by atoms with Crippen LogP contribution in [0.15, 0.2) is 51.9 Å². The van der Waals surface area contributed by atoms with Crippen molar-refractivity contribution in [1.29, 1.82) is 0 Å². The monoisotopic (exact) mass is 542 g/mol. The van der Waals surface area contributed by atoms with Gasteiger partial charge in [-0.15, -0.1) is 11.3 Å². The number of likely N-dealkylation sites (N-methyl/N-ethyl adjacent to an activating group) is 1. The lowest BCUT2D eigenvalue weighted by atomic mass is 10.2. The fourth-order valence-corrected chi connectivity index (χ4v) is 3.94. The van der Waals surface area contributed by atoms with Crippen molar-refractivity contribution in [2.75, 3.05) is 37.8 Å². The fourth-order valence-electron chi connectivity index (χ4n) is 3.22. The molecule has 0 aliphatic carbocycles. The number of urea groups is 1. The first-order valence-corrected chi connectivity index (χ1v) is 13.0. The van der Waals surface area contributed by atoms with Crippen molar-refractivity contribution in [3.63, 3.8) is 0 Å². The number of amides is 4. The predicted molar refractivity (Wildman–Crippen MR) is 146 cm³/mol. The Hall–Kier alpha value is -3.90. The van der Waals surface area contributed by atoms with Crippen LogP contribution in [0, 0.1) is 0 Å². The van der Waals surface area contributed by atoms with E-state index in [1.165, 1.54) is 11.3 Å². The highest BCUT2D eigenvalue weighted by molar-refractivity contribution is 7.09. The van der Waals surface area contributed by atoms with Crippen LogP contribution in [0.2, 0.25) is 0 Å². The predicted octanol–water partition coefficient (Wildman–Crippen LogP) is 4.61. The molecule has 4 amide bonds. The van der Waals surface area contributed by atoms with Crippen LogP contribution in [0.4, 0.5) is 21.0 Å². The Kier molecular flexibility index (Phi) is 9.85. The van der Waals surface area contributed by atoms with Gasteiger partial charge in [0, 0.05) is 36.6 Å². The van der Waals surface area contributed by atoms with Crippen molar-refractivity contribution < 1.29 is 23.5 Å². The first kappa shape index (κ1) is 28.7. The molecule has 11 nitrogen and oxygen atoms in total. The summed E-state index contributed by atoms with van der Waals surface area (Å²) in [5.74, 6) is 0.237. The molecule has 0 unspecified atom stereocenters. The molecule has 204 valence electrons. The SMILES string of the molecule is CN(C)CCN(Cc1ccc(C(=O)Nc2cscc2NC(=O)OC(C)(C)C)nc1)C(=O)NCc1ccco1. The second-order valence-corrected chi connectivity index (χ2v) is 10.5. The standard InChI is InChI=1S/C26H34N6O5S/c1-26(2,3)37-25(35)30-22-17-38-16-21(22)29-23(33)20-9-8-18(13-27-20)15-32(11-10-31(4)5)24(34)28-14-19-7-6-12-36-19/h6-9,12-13,16-17H,10-11,14-15H2,1-5H3,(H,28,34)(H,29,33)(H,30,35). The zero-order valence-corrected chi connectivity index (χ0v) is 23.1. The average molecular weight is 543 g/mol. The van der Waals surface area contributed by atoms with Crippen molar-refractivity contribution in [1.82, 2.24) is 20.1 Å². The summed E-state index contributed by atoms with van der Waals surface area (Å²) in [7, 11) is 3.88. The number of hydrogen-bond acceptors (Lipinski definition) is 8. The summed E-state index contributed by atoms with van der Waals surface area (Å²) >= 11 is 1.33. The van der Waals surface area contributed by atoms with Crippen LogP contribution in [-0.2, 0) is 17.8 Å². The lowest BCUT2D eigenvalue weighted by molar-refractivity contribution is 0.0635. The molecule has 12 heteroatoms. The summed E-state index contributed by atoms with van der Waals surface area (Å²) in [4.78, 5) is 45.7. The van der Waals surface area contributed by atoms with E-state index in [1.54, 1.807) is 73.2 Å². The second-order valence-electron chi connectivity index (χ2n) is 9.79. The first-order valence-electron chi connectivity index (χ1n) is 12.0. The van der Waals surface area contributed by atoms with Gasteiger partial charge in [-0.1, -0.05) is 6.07 Å². The fraction of sp³-hybridized carbons (Fsp3) is 0.385. The third-order valence-electron chi connectivity index (χ3n) is 5.07. The maximum Gasteiger partial charge on any atom is 0.412 e. The van der Waals surface area contributed by atoms with Crippen molar-refractivity contribution in [3.8, 4) is 0 Å². The highest BCUT2D eigenvalue weighted by Crippen LogP contribution is 2.27. The Labute approximate surface area is 226 Å². The Morgan fingerprint density at radius 3 is 2.39 bits per heavy atom. The number of nitrogens with one attached hydrogen (secondary N) is 3. The number of furan rings is 1. The number of pyridine rings is 1. The molecule has 3 rings (SSSR count). The molecule has 0 spiro atoms. The maximum atomic E-state index is 12.8. The molecule has 0 bridgehead atoms. The maximum absolute atomic E-state index is 12.8. The van der Waals surface area contributed by atoms with Gasteiger partial charge >= 0.3 is 12.1 Å². The van der Waals surface area contributed by atoms with E-state index in [0.29, 0.717) is 36.8 Å². The Bertz CT molecular complexity index is 1200. The number of carbonyl (C=O) groups excluding carboxylic acids is 3. The van der Waals surface area contributed by atoms with Crippen LogP contribution in [0.3, 0.4) is 0 Å². The van der Waals surface area contributed by atoms with Gasteiger partial charge in [0.25, 0.3) is 5.91 Å². The Morgan fingerprint density at radius 2 is 1.79 bits per heavy atom. The van der Waals surface area contributed by atoms with Crippen LogP contribution < -0.4 is 16.0 Å². The van der Waals surface area contributed by atoms with E-state index in [0.717, 1.165) is 5.56 Å². The van der Waals surface area contributed by atoms with Crippen LogP contribution in [0.5, 0.6) is 0 Å². The molecule has 3 aromatic rings. The molecular formula is C26H34N6O5S. The third-order valence-corrected chi connectivity index (χ3v) is 5.82. The molecule has 3 aromatic heterocycles. The molecule has 3 N–H and O–H groups in total. The second kappa shape index (κ2) is 13.1. The summed E-state index contributed by atoms with van der Waals surface area (Å²) in [6, 6.07) is 6.70. The third kappa shape index (κ3) is 9.20. The van der Waals surface area contributed by atoms with Crippen molar-refractivity contribution in [2.24, 2.45) is 0 Å². The van der Waals surface area contributed by atoms with E-state index in [2.05, 4.69) is 20.9 Å². The Balaban J connectivity index is 1.60. The number of anilines is 2. The molecule has 0 fully saturated rings. The molecule has 3 heterocycles. The number of thiophene rings is 1.